The molecule has 0 fully saturated rings. The van der Waals surface area contributed by atoms with E-state index in [4.69, 9.17) is 20.4 Å². The van der Waals surface area contributed by atoms with E-state index < -0.39 is 0 Å². The van der Waals surface area contributed by atoms with Gasteiger partial charge in [-0.15, -0.1) is 0 Å². The minimum Gasteiger partial charge on any atom is -0.451 e. The third kappa shape index (κ3) is 4.03. The van der Waals surface area contributed by atoms with Gasteiger partial charge in [0.2, 0.25) is 5.89 Å². The molecule has 1 N–H and O–H groups in total. The summed E-state index contributed by atoms with van der Waals surface area (Å²) in [5.41, 5.74) is 4.94. The molecule has 0 spiro atoms. The Morgan fingerprint density at radius 2 is 1.66 bits per heavy atom. The van der Waals surface area contributed by atoms with Gasteiger partial charge >= 0.3 is 0 Å². The zero-order valence-electron chi connectivity index (χ0n) is 17.3. The Balaban J connectivity index is 1.34. The van der Waals surface area contributed by atoms with E-state index >= 15 is 0 Å². The molecule has 0 radical (unpaired) electrons. The number of rotatable bonds is 5. The van der Waals surface area contributed by atoms with E-state index in [0.29, 0.717) is 33.5 Å². The number of anilines is 1. The molecule has 0 atom stereocenters. The molecule has 0 aliphatic rings. The number of nitrogens with zero attached hydrogens (tertiary/aromatic N) is 1. The second kappa shape index (κ2) is 8.36. The zero-order chi connectivity index (χ0) is 22.1. The highest BCUT2D eigenvalue weighted by atomic mass is 35.5. The molecule has 0 aliphatic heterocycles. The Bertz CT molecular complexity index is 1400. The van der Waals surface area contributed by atoms with E-state index in [0.717, 1.165) is 17.5 Å². The molecule has 0 aliphatic carbocycles. The second-order valence-electron chi connectivity index (χ2n) is 7.38. The van der Waals surface area contributed by atoms with E-state index in [1.807, 2.05) is 24.3 Å². The Morgan fingerprint density at radius 3 is 2.41 bits per heavy atom. The van der Waals surface area contributed by atoms with Crippen LogP contribution < -0.4 is 5.32 Å². The van der Waals surface area contributed by atoms with Crippen molar-refractivity contribution in [3.8, 4) is 22.8 Å². The van der Waals surface area contributed by atoms with Gasteiger partial charge in [-0.2, -0.15) is 0 Å². The van der Waals surface area contributed by atoms with Gasteiger partial charge in [0.25, 0.3) is 5.91 Å². The Morgan fingerprint density at radius 1 is 0.906 bits per heavy atom. The molecule has 3 aromatic carbocycles. The third-order valence-corrected chi connectivity index (χ3v) is 5.47. The van der Waals surface area contributed by atoms with Gasteiger partial charge < -0.3 is 14.2 Å². The van der Waals surface area contributed by atoms with Crippen LogP contribution in [0, 0.1) is 0 Å². The maximum atomic E-state index is 12.7. The first kappa shape index (κ1) is 20.1. The highest BCUT2D eigenvalue weighted by molar-refractivity contribution is 6.30. The molecule has 1 amide bonds. The van der Waals surface area contributed by atoms with Gasteiger partial charge in [-0.25, -0.2) is 4.98 Å². The largest absolute Gasteiger partial charge is 0.451 e. The predicted octanol–water partition coefficient (Wildman–Crippen LogP) is 7.22. The maximum Gasteiger partial charge on any atom is 0.291 e. The molecular formula is C26H19ClN2O3. The van der Waals surface area contributed by atoms with Gasteiger partial charge in [0.1, 0.15) is 11.3 Å². The molecule has 2 aromatic heterocycles. The number of nitrogens with one attached hydrogen (secondary N) is 1. The van der Waals surface area contributed by atoms with Crippen LogP contribution in [0.15, 0.2) is 87.7 Å². The van der Waals surface area contributed by atoms with E-state index in [-0.39, 0.29) is 11.7 Å². The quantitative estimate of drug-likeness (QED) is 0.312. The lowest BCUT2D eigenvalue weighted by Gasteiger charge is -2.02. The molecule has 0 bridgehead atoms. The fraction of sp³-hybridized carbons (Fsp3) is 0.0769. The summed E-state index contributed by atoms with van der Waals surface area (Å²) < 4.78 is 11.6. The van der Waals surface area contributed by atoms with E-state index in [1.54, 1.807) is 42.5 Å². The molecule has 0 saturated carbocycles. The molecule has 0 unspecified atom stereocenters. The van der Waals surface area contributed by atoms with Crippen LogP contribution in [0.4, 0.5) is 5.69 Å². The summed E-state index contributed by atoms with van der Waals surface area (Å²) >= 11 is 5.93. The Kier molecular flexibility index (Phi) is 5.25. The number of aryl methyl sites for hydroxylation is 1. The van der Waals surface area contributed by atoms with Crippen LogP contribution in [0.2, 0.25) is 5.02 Å². The highest BCUT2D eigenvalue weighted by Gasteiger charge is 2.14. The number of fused-ring (bicyclic) bond motifs is 1. The summed E-state index contributed by atoms with van der Waals surface area (Å²) in [5, 5.41) is 3.49. The number of amides is 1. The van der Waals surface area contributed by atoms with Gasteiger partial charge in [0.05, 0.1) is 0 Å². The van der Waals surface area contributed by atoms with Crippen molar-refractivity contribution in [2.45, 2.75) is 13.3 Å². The van der Waals surface area contributed by atoms with Crippen molar-refractivity contribution in [2.75, 3.05) is 5.32 Å². The number of hydrogen-bond donors (Lipinski definition) is 1. The Labute approximate surface area is 189 Å². The van der Waals surface area contributed by atoms with Crippen molar-refractivity contribution in [1.29, 1.82) is 0 Å². The fourth-order valence-electron chi connectivity index (χ4n) is 3.43. The van der Waals surface area contributed by atoms with Crippen LogP contribution in [-0.2, 0) is 6.42 Å². The number of furan rings is 1. The summed E-state index contributed by atoms with van der Waals surface area (Å²) in [6, 6.07) is 24.1. The fourth-order valence-corrected chi connectivity index (χ4v) is 3.56. The first-order valence-corrected chi connectivity index (χ1v) is 10.6. The Hall–Kier alpha value is -3.83. The summed E-state index contributed by atoms with van der Waals surface area (Å²) in [5.74, 6) is 1.01. The topological polar surface area (TPSA) is 68.3 Å². The number of oxazole rings is 1. The molecule has 6 heteroatoms. The lowest BCUT2D eigenvalue weighted by Crippen LogP contribution is -2.10. The first-order chi connectivity index (χ1) is 15.6. The number of carbonyl (C=O) groups excluding carboxylic acids is 1. The molecule has 2 heterocycles. The average Bonchev–Trinajstić information content (AvgIpc) is 3.47. The van der Waals surface area contributed by atoms with Crippen LogP contribution in [0.3, 0.4) is 0 Å². The van der Waals surface area contributed by atoms with Gasteiger partial charge in [0.15, 0.2) is 11.3 Å². The van der Waals surface area contributed by atoms with Crippen LogP contribution in [0.25, 0.3) is 33.9 Å². The number of aromatic nitrogens is 1. The molecule has 0 saturated heterocycles. The van der Waals surface area contributed by atoms with Crippen molar-refractivity contribution in [2.24, 2.45) is 0 Å². The minimum atomic E-state index is -0.344. The van der Waals surface area contributed by atoms with Gasteiger partial charge in [-0.3, -0.25) is 4.79 Å². The molecule has 32 heavy (non-hydrogen) atoms. The number of benzene rings is 3. The van der Waals surface area contributed by atoms with Crippen molar-refractivity contribution < 1.29 is 13.6 Å². The van der Waals surface area contributed by atoms with Crippen LogP contribution in [0.1, 0.15) is 23.0 Å². The summed E-state index contributed by atoms with van der Waals surface area (Å²) in [4.78, 5) is 17.2. The number of halogens is 1. The van der Waals surface area contributed by atoms with Crippen LogP contribution >= 0.6 is 11.6 Å². The third-order valence-electron chi connectivity index (χ3n) is 5.21. The first-order valence-electron chi connectivity index (χ1n) is 10.3. The summed E-state index contributed by atoms with van der Waals surface area (Å²) in [6.07, 6.45) is 0.980. The second-order valence-corrected chi connectivity index (χ2v) is 7.81. The van der Waals surface area contributed by atoms with Crippen molar-refractivity contribution in [3.05, 3.63) is 95.2 Å². The molecule has 158 valence electrons. The van der Waals surface area contributed by atoms with Crippen molar-refractivity contribution in [1.82, 2.24) is 4.98 Å². The predicted molar refractivity (Wildman–Crippen MR) is 126 cm³/mol. The lowest BCUT2D eigenvalue weighted by atomic mass is 10.1. The number of hydrogen-bond acceptors (Lipinski definition) is 4. The number of carbonyl (C=O) groups is 1. The van der Waals surface area contributed by atoms with Crippen LogP contribution in [0.5, 0.6) is 0 Å². The molecular weight excluding hydrogens is 424 g/mol. The SMILES string of the molecule is CCc1ccc(-c2nc3cc(NC(=O)c4ccc(-c5ccc(Cl)cc5)o4)ccc3o2)cc1. The van der Waals surface area contributed by atoms with Gasteiger partial charge in [-0.1, -0.05) is 30.7 Å². The van der Waals surface area contributed by atoms with Gasteiger partial charge in [-0.05, 0) is 78.7 Å². The summed E-state index contributed by atoms with van der Waals surface area (Å²) in [6.45, 7) is 2.12. The smallest absolute Gasteiger partial charge is 0.291 e. The molecule has 5 nitrogen and oxygen atoms in total. The van der Waals surface area contributed by atoms with E-state index in [9.17, 15) is 4.79 Å². The zero-order valence-corrected chi connectivity index (χ0v) is 18.0. The minimum absolute atomic E-state index is 0.215. The average molecular weight is 443 g/mol. The maximum absolute atomic E-state index is 12.7. The molecule has 5 rings (SSSR count). The van der Waals surface area contributed by atoms with Crippen molar-refractivity contribution >= 4 is 34.3 Å². The van der Waals surface area contributed by atoms with Crippen LogP contribution in [-0.4, -0.2) is 10.9 Å². The lowest BCUT2D eigenvalue weighted by molar-refractivity contribution is 0.0997. The standard InChI is InChI=1S/C26H19ClN2O3/c1-2-16-3-5-18(6-4-16)26-29-21-15-20(11-12-23(21)32-26)28-25(30)24-14-13-22(31-24)17-7-9-19(27)10-8-17/h3-15H,2H2,1H3,(H,28,30). The monoisotopic (exact) mass is 442 g/mol. The molecule has 5 aromatic rings. The van der Waals surface area contributed by atoms with Crippen molar-refractivity contribution in [3.63, 3.8) is 0 Å². The summed E-state index contributed by atoms with van der Waals surface area (Å²) in [7, 11) is 0. The normalized spacial score (nSPS) is 11.1. The van der Waals surface area contributed by atoms with E-state index in [1.165, 1.54) is 5.56 Å². The highest BCUT2D eigenvalue weighted by Crippen LogP contribution is 2.28. The van der Waals surface area contributed by atoms with Gasteiger partial charge in [0, 0.05) is 21.8 Å². The van der Waals surface area contributed by atoms with E-state index in [2.05, 4.69) is 29.4 Å².